The molecule has 0 radical (unpaired) electrons. The second-order valence-electron chi connectivity index (χ2n) is 6.35. The largest absolute Gasteiger partial charge is 0.354 e. The summed E-state index contributed by atoms with van der Waals surface area (Å²) in [7, 11) is -3.34. The Morgan fingerprint density at radius 1 is 1.29 bits per heavy atom. The number of rotatable bonds is 2. The van der Waals surface area contributed by atoms with Gasteiger partial charge < -0.3 is 10.2 Å². The topological polar surface area (TPSA) is 86.8 Å². The van der Waals surface area contributed by atoms with Crippen LogP contribution in [0.25, 0.3) is 0 Å². The van der Waals surface area contributed by atoms with Crippen molar-refractivity contribution in [2.24, 2.45) is 0 Å². The Morgan fingerprint density at radius 3 is 2.75 bits per heavy atom. The Kier molecular flexibility index (Phi) is 4.25. The minimum atomic E-state index is -3.34. The van der Waals surface area contributed by atoms with Crippen LogP contribution in [0.5, 0.6) is 0 Å². The number of hydrogen-bond acceptors (Lipinski definition) is 4. The van der Waals surface area contributed by atoms with E-state index >= 15 is 0 Å². The molecule has 7 nitrogen and oxygen atoms in total. The van der Waals surface area contributed by atoms with Gasteiger partial charge in [0.1, 0.15) is 0 Å². The maximum absolute atomic E-state index is 12.7. The zero-order chi connectivity index (χ0) is 17.5. The lowest BCUT2D eigenvalue weighted by atomic mass is 10.1. The normalized spacial score (nSPS) is 21.2. The number of amides is 2. The lowest BCUT2D eigenvalue weighted by Crippen LogP contribution is -2.35. The second kappa shape index (κ2) is 6.08. The molecule has 2 heterocycles. The Hall–Kier alpha value is -2.09. The minimum Gasteiger partial charge on any atom is -0.354 e. The third-order valence-corrected chi connectivity index (χ3v) is 5.71. The van der Waals surface area contributed by atoms with Crippen LogP contribution < -0.4 is 9.62 Å². The van der Waals surface area contributed by atoms with E-state index in [2.05, 4.69) is 5.32 Å². The Bertz CT molecular complexity index is 791. The molecule has 2 aliphatic heterocycles. The average molecular weight is 351 g/mol. The first kappa shape index (κ1) is 16.8. The molecule has 1 aromatic rings. The summed E-state index contributed by atoms with van der Waals surface area (Å²) < 4.78 is 25.3. The summed E-state index contributed by atoms with van der Waals surface area (Å²) in [5.41, 5.74) is 2.04. The van der Waals surface area contributed by atoms with Crippen molar-refractivity contribution in [3.8, 4) is 0 Å². The van der Waals surface area contributed by atoms with Crippen molar-refractivity contribution in [1.82, 2.24) is 10.2 Å². The Balaban J connectivity index is 1.86. The molecular formula is C16H21N3O4S. The highest BCUT2D eigenvalue weighted by Crippen LogP contribution is 2.34. The number of anilines is 1. The van der Waals surface area contributed by atoms with Crippen LogP contribution in [0, 0.1) is 0 Å². The van der Waals surface area contributed by atoms with Crippen molar-refractivity contribution in [3.63, 3.8) is 0 Å². The average Bonchev–Trinajstić information content (AvgIpc) is 2.69. The first-order valence-electron chi connectivity index (χ1n) is 7.95. The molecule has 24 heavy (non-hydrogen) atoms. The maximum atomic E-state index is 12.7. The van der Waals surface area contributed by atoms with Gasteiger partial charge in [-0.25, -0.2) is 8.42 Å². The fourth-order valence-corrected chi connectivity index (χ4v) is 4.66. The number of nitrogens with zero attached hydrogens (tertiary/aromatic N) is 2. The molecule has 1 aromatic carbocycles. The molecule has 0 saturated carbocycles. The highest BCUT2D eigenvalue weighted by atomic mass is 32.2. The summed E-state index contributed by atoms with van der Waals surface area (Å²) in [5.74, 6) is -0.170. The van der Waals surface area contributed by atoms with Crippen molar-refractivity contribution in [1.29, 1.82) is 0 Å². The fourth-order valence-electron chi connectivity index (χ4n) is 3.39. The van der Waals surface area contributed by atoms with Gasteiger partial charge in [-0.05, 0) is 37.1 Å². The monoisotopic (exact) mass is 351 g/mol. The first-order valence-corrected chi connectivity index (χ1v) is 9.80. The summed E-state index contributed by atoms with van der Waals surface area (Å²) in [6, 6.07) is 4.99. The van der Waals surface area contributed by atoms with E-state index < -0.39 is 10.0 Å². The number of benzene rings is 1. The predicted molar refractivity (Wildman–Crippen MR) is 90.5 cm³/mol. The van der Waals surface area contributed by atoms with Crippen molar-refractivity contribution in [2.75, 3.05) is 30.2 Å². The summed E-state index contributed by atoms with van der Waals surface area (Å²) in [6.07, 6.45) is 2.08. The number of sulfonamides is 1. The van der Waals surface area contributed by atoms with Crippen molar-refractivity contribution in [3.05, 3.63) is 29.3 Å². The van der Waals surface area contributed by atoms with Gasteiger partial charge in [-0.2, -0.15) is 0 Å². The highest BCUT2D eigenvalue weighted by Gasteiger charge is 2.33. The molecule has 8 heteroatoms. The Labute approximate surface area is 141 Å². The van der Waals surface area contributed by atoms with E-state index in [0.717, 1.165) is 5.56 Å². The third-order valence-electron chi connectivity index (χ3n) is 4.44. The molecule has 1 fully saturated rings. The molecule has 0 aromatic heterocycles. The lowest BCUT2D eigenvalue weighted by molar-refractivity contribution is -0.120. The van der Waals surface area contributed by atoms with Gasteiger partial charge in [0.25, 0.3) is 5.91 Å². The van der Waals surface area contributed by atoms with E-state index in [0.29, 0.717) is 43.7 Å². The summed E-state index contributed by atoms with van der Waals surface area (Å²) in [6.45, 7) is 3.18. The zero-order valence-corrected chi connectivity index (χ0v) is 14.6. The van der Waals surface area contributed by atoms with Crippen LogP contribution >= 0.6 is 0 Å². The molecule has 0 spiro atoms. The molecule has 1 atom stereocenters. The van der Waals surface area contributed by atoms with Gasteiger partial charge in [-0.15, -0.1) is 0 Å². The maximum Gasteiger partial charge on any atom is 0.253 e. The molecule has 2 amide bonds. The quantitative estimate of drug-likeness (QED) is 0.833. The number of carbonyl (C=O) groups is 2. The van der Waals surface area contributed by atoms with Crippen LogP contribution in [0.4, 0.5) is 5.69 Å². The van der Waals surface area contributed by atoms with Crippen LogP contribution in [-0.4, -0.2) is 57.1 Å². The molecular weight excluding hydrogens is 330 g/mol. The lowest BCUT2D eigenvalue weighted by Gasteiger charge is -2.22. The third kappa shape index (κ3) is 3.10. The molecule has 1 unspecified atom stereocenters. The number of hydrogen-bond donors (Lipinski definition) is 1. The van der Waals surface area contributed by atoms with Crippen LogP contribution in [0.1, 0.15) is 29.3 Å². The standard InChI is InChI=1S/C16H21N3O4S/c1-11-9-13-10-12(3-4-14(13)19(11)24(2,22)23)16(21)18-7-5-15(20)17-6-8-18/h3-4,10-11H,5-9H2,1-2H3,(H,17,20). The number of fused-ring (bicyclic) bond motifs is 1. The fraction of sp³-hybridized carbons (Fsp3) is 0.500. The van der Waals surface area contributed by atoms with Crippen LogP contribution in [-0.2, 0) is 21.2 Å². The molecule has 0 bridgehead atoms. The molecule has 3 rings (SSSR count). The van der Waals surface area contributed by atoms with Gasteiger partial charge in [0.15, 0.2) is 0 Å². The summed E-state index contributed by atoms with van der Waals surface area (Å²) >= 11 is 0. The van der Waals surface area contributed by atoms with Crippen LogP contribution in [0.2, 0.25) is 0 Å². The molecule has 0 aliphatic carbocycles. The van der Waals surface area contributed by atoms with Crippen LogP contribution in [0.15, 0.2) is 18.2 Å². The van der Waals surface area contributed by atoms with Crippen molar-refractivity contribution >= 4 is 27.5 Å². The van der Waals surface area contributed by atoms with E-state index in [9.17, 15) is 18.0 Å². The van der Waals surface area contributed by atoms with E-state index in [1.807, 2.05) is 6.92 Å². The van der Waals surface area contributed by atoms with Gasteiger partial charge in [0.2, 0.25) is 15.9 Å². The van der Waals surface area contributed by atoms with Crippen molar-refractivity contribution < 1.29 is 18.0 Å². The summed E-state index contributed by atoms with van der Waals surface area (Å²) in [5, 5.41) is 2.74. The molecule has 2 aliphatic rings. The van der Waals surface area contributed by atoms with E-state index in [1.165, 1.54) is 10.6 Å². The minimum absolute atomic E-state index is 0.0446. The number of carbonyl (C=O) groups excluding carboxylic acids is 2. The predicted octanol–water partition coefficient (Wildman–Crippen LogP) is 0.359. The first-order chi connectivity index (χ1) is 11.3. The molecule has 130 valence electrons. The number of nitrogens with one attached hydrogen (secondary N) is 1. The SMILES string of the molecule is CC1Cc2cc(C(=O)N3CCNC(=O)CC3)ccc2N1S(C)(=O)=O. The summed E-state index contributed by atoms with van der Waals surface area (Å²) in [4.78, 5) is 25.7. The van der Waals surface area contributed by atoms with E-state index in [1.54, 1.807) is 23.1 Å². The molecule has 1 saturated heterocycles. The van der Waals surface area contributed by atoms with Crippen molar-refractivity contribution in [2.45, 2.75) is 25.8 Å². The van der Waals surface area contributed by atoms with Gasteiger partial charge in [-0.1, -0.05) is 0 Å². The van der Waals surface area contributed by atoms with Gasteiger partial charge in [0, 0.05) is 37.7 Å². The van der Waals surface area contributed by atoms with Gasteiger partial charge in [-0.3, -0.25) is 13.9 Å². The van der Waals surface area contributed by atoms with E-state index in [4.69, 9.17) is 0 Å². The zero-order valence-electron chi connectivity index (χ0n) is 13.8. The highest BCUT2D eigenvalue weighted by molar-refractivity contribution is 7.92. The van der Waals surface area contributed by atoms with Crippen LogP contribution in [0.3, 0.4) is 0 Å². The smallest absolute Gasteiger partial charge is 0.253 e. The second-order valence-corrected chi connectivity index (χ2v) is 8.21. The molecule has 1 N–H and O–H groups in total. The van der Waals surface area contributed by atoms with Gasteiger partial charge in [0.05, 0.1) is 11.9 Å². The Morgan fingerprint density at radius 2 is 2.04 bits per heavy atom. The van der Waals surface area contributed by atoms with E-state index in [-0.39, 0.29) is 17.9 Å². The van der Waals surface area contributed by atoms with Gasteiger partial charge >= 0.3 is 0 Å².